The summed E-state index contributed by atoms with van der Waals surface area (Å²) in [5.41, 5.74) is 2.36. The summed E-state index contributed by atoms with van der Waals surface area (Å²) in [4.78, 5) is 44.9. The maximum atomic E-state index is 13.6. The SMILES string of the molecule is CC(C)(C)c1cc(-c2ccc(F)cc2)nc2cc(C(=O)N3CCN(C(=O)CCC(=O)O)CC3(C)C)oc12. The van der Waals surface area contributed by atoms with Crippen molar-refractivity contribution in [3.63, 3.8) is 0 Å². The van der Waals surface area contributed by atoms with Gasteiger partial charge in [-0.2, -0.15) is 0 Å². The van der Waals surface area contributed by atoms with Gasteiger partial charge < -0.3 is 19.3 Å². The molecule has 37 heavy (non-hydrogen) atoms. The van der Waals surface area contributed by atoms with Crippen LogP contribution in [0.5, 0.6) is 0 Å². The number of furan rings is 1. The van der Waals surface area contributed by atoms with Gasteiger partial charge in [-0.25, -0.2) is 9.37 Å². The molecule has 0 radical (unpaired) electrons. The predicted molar refractivity (Wildman–Crippen MR) is 137 cm³/mol. The van der Waals surface area contributed by atoms with Gasteiger partial charge in [0.1, 0.15) is 11.3 Å². The van der Waals surface area contributed by atoms with Gasteiger partial charge >= 0.3 is 5.97 Å². The van der Waals surface area contributed by atoms with Crippen LogP contribution in [0.4, 0.5) is 4.39 Å². The van der Waals surface area contributed by atoms with Crippen LogP contribution in [0.1, 0.15) is 63.6 Å². The molecule has 1 aliphatic heterocycles. The minimum atomic E-state index is -1.02. The topological polar surface area (TPSA) is 104 Å². The first-order chi connectivity index (χ1) is 17.3. The number of carboxylic acid groups (broad SMARTS) is 1. The van der Waals surface area contributed by atoms with Crippen molar-refractivity contribution in [3.8, 4) is 11.3 Å². The van der Waals surface area contributed by atoms with Gasteiger partial charge in [-0.05, 0) is 49.6 Å². The molecule has 0 aliphatic carbocycles. The largest absolute Gasteiger partial charge is 0.481 e. The summed E-state index contributed by atoms with van der Waals surface area (Å²) in [7, 11) is 0. The number of fused-ring (bicyclic) bond motifs is 1. The van der Waals surface area contributed by atoms with Crippen LogP contribution < -0.4 is 0 Å². The zero-order valence-corrected chi connectivity index (χ0v) is 21.8. The van der Waals surface area contributed by atoms with E-state index in [0.29, 0.717) is 29.9 Å². The van der Waals surface area contributed by atoms with Crippen molar-refractivity contribution in [2.24, 2.45) is 0 Å². The quantitative estimate of drug-likeness (QED) is 0.527. The van der Waals surface area contributed by atoms with Crippen LogP contribution >= 0.6 is 0 Å². The number of piperazine rings is 1. The summed E-state index contributed by atoms with van der Waals surface area (Å²) in [6.07, 6.45) is -0.291. The van der Waals surface area contributed by atoms with Crippen molar-refractivity contribution < 1.29 is 28.3 Å². The van der Waals surface area contributed by atoms with Crippen LogP contribution in [-0.2, 0) is 15.0 Å². The van der Waals surface area contributed by atoms with E-state index >= 15 is 0 Å². The minimum absolute atomic E-state index is 0.0689. The Labute approximate surface area is 215 Å². The van der Waals surface area contributed by atoms with Gasteiger partial charge in [0.25, 0.3) is 5.91 Å². The van der Waals surface area contributed by atoms with Gasteiger partial charge in [-0.15, -0.1) is 0 Å². The van der Waals surface area contributed by atoms with E-state index in [1.807, 2.05) is 40.7 Å². The first-order valence-electron chi connectivity index (χ1n) is 12.3. The number of carboxylic acids is 1. The van der Waals surface area contributed by atoms with E-state index < -0.39 is 11.5 Å². The highest BCUT2D eigenvalue weighted by molar-refractivity contribution is 5.97. The van der Waals surface area contributed by atoms with Crippen LogP contribution in [0.25, 0.3) is 22.4 Å². The molecule has 0 atom stereocenters. The number of hydrogen-bond donors (Lipinski definition) is 1. The molecule has 1 aliphatic rings. The van der Waals surface area contributed by atoms with E-state index in [1.54, 1.807) is 28.0 Å². The van der Waals surface area contributed by atoms with E-state index in [1.165, 1.54) is 12.1 Å². The molecule has 9 heteroatoms. The van der Waals surface area contributed by atoms with Crippen molar-refractivity contribution in [2.75, 3.05) is 19.6 Å². The molecule has 0 unspecified atom stereocenters. The Morgan fingerprint density at radius 3 is 2.35 bits per heavy atom. The van der Waals surface area contributed by atoms with Crippen molar-refractivity contribution in [3.05, 3.63) is 53.5 Å². The van der Waals surface area contributed by atoms with Crippen molar-refractivity contribution >= 4 is 28.9 Å². The fraction of sp³-hybridized carbons (Fsp3) is 0.429. The number of pyridine rings is 1. The van der Waals surface area contributed by atoms with Gasteiger partial charge in [0.2, 0.25) is 5.91 Å². The number of aliphatic carboxylic acids is 1. The van der Waals surface area contributed by atoms with Gasteiger partial charge in [0.15, 0.2) is 11.3 Å². The monoisotopic (exact) mass is 509 g/mol. The number of hydrogen-bond acceptors (Lipinski definition) is 5. The first kappa shape index (κ1) is 26.3. The lowest BCUT2D eigenvalue weighted by molar-refractivity contribution is -0.142. The van der Waals surface area contributed by atoms with Gasteiger partial charge in [-0.3, -0.25) is 14.4 Å². The molecule has 0 saturated carbocycles. The first-order valence-corrected chi connectivity index (χ1v) is 12.3. The molecule has 1 saturated heterocycles. The summed E-state index contributed by atoms with van der Waals surface area (Å²) in [5, 5.41) is 8.87. The maximum absolute atomic E-state index is 13.6. The van der Waals surface area contributed by atoms with E-state index in [-0.39, 0.29) is 48.2 Å². The second kappa shape index (κ2) is 9.61. The highest BCUT2D eigenvalue weighted by Crippen LogP contribution is 2.35. The highest BCUT2D eigenvalue weighted by atomic mass is 19.1. The summed E-state index contributed by atoms with van der Waals surface area (Å²) in [5.74, 6) is -1.73. The molecule has 8 nitrogen and oxygen atoms in total. The standard InChI is InChI=1S/C28H32FN3O5/c1-27(2,3)19-14-20(17-6-8-18(29)9-7-17)30-21-15-22(37-25(19)21)26(36)32-13-12-31(16-28(32,4)5)23(33)10-11-24(34)35/h6-9,14-15H,10-13,16H2,1-5H3,(H,34,35). The number of rotatable bonds is 5. The van der Waals surface area contributed by atoms with Crippen LogP contribution in [0, 0.1) is 5.82 Å². The number of carbonyl (C=O) groups is 3. The predicted octanol–water partition coefficient (Wildman–Crippen LogP) is 4.86. The lowest BCUT2D eigenvalue weighted by Gasteiger charge is -2.46. The Hall–Kier alpha value is -3.75. The molecule has 2 amide bonds. The van der Waals surface area contributed by atoms with Gasteiger partial charge in [-0.1, -0.05) is 20.8 Å². The minimum Gasteiger partial charge on any atom is -0.481 e. The molecule has 1 fully saturated rings. The molecule has 0 bridgehead atoms. The number of amides is 2. The Morgan fingerprint density at radius 2 is 1.76 bits per heavy atom. The Bertz CT molecular complexity index is 1350. The number of nitrogens with zero attached hydrogens (tertiary/aromatic N) is 3. The molecule has 196 valence electrons. The highest BCUT2D eigenvalue weighted by Gasteiger charge is 2.40. The van der Waals surface area contributed by atoms with Crippen LogP contribution in [0.15, 0.2) is 40.8 Å². The van der Waals surface area contributed by atoms with Crippen molar-refractivity contribution in [1.82, 2.24) is 14.8 Å². The van der Waals surface area contributed by atoms with E-state index in [9.17, 15) is 18.8 Å². The molecule has 2 aromatic heterocycles. The molecular formula is C28H32FN3O5. The number of halogens is 1. The number of carbonyl (C=O) groups excluding carboxylic acids is 2. The number of benzene rings is 1. The van der Waals surface area contributed by atoms with E-state index in [0.717, 1.165) is 11.1 Å². The summed E-state index contributed by atoms with van der Waals surface area (Å²) < 4.78 is 19.6. The Morgan fingerprint density at radius 1 is 1.08 bits per heavy atom. The second-order valence-corrected chi connectivity index (χ2v) is 11.1. The molecule has 4 rings (SSSR count). The normalized spacial score (nSPS) is 15.7. The van der Waals surface area contributed by atoms with Crippen LogP contribution in [0.3, 0.4) is 0 Å². The molecule has 3 aromatic rings. The zero-order chi connectivity index (χ0) is 27.1. The maximum Gasteiger partial charge on any atom is 0.303 e. The van der Waals surface area contributed by atoms with E-state index in [4.69, 9.17) is 14.5 Å². The Kier molecular flexibility index (Phi) is 6.83. The summed E-state index contributed by atoms with van der Waals surface area (Å²) in [6, 6.07) is 9.66. The smallest absolute Gasteiger partial charge is 0.303 e. The van der Waals surface area contributed by atoms with Crippen molar-refractivity contribution in [1.29, 1.82) is 0 Å². The van der Waals surface area contributed by atoms with Gasteiger partial charge in [0, 0.05) is 43.2 Å². The third-order valence-electron chi connectivity index (χ3n) is 6.69. The molecular weight excluding hydrogens is 477 g/mol. The van der Waals surface area contributed by atoms with Crippen molar-refractivity contribution in [2.45, 2.75) is 58.4 Å². The summed E-state index contributed by atoms with van der Waals surface area (Å²) >= 11 is 0. The summed E-state index contributed by atoms with van der Waals surface area (Å²) in [6.45, 7) is 10.8. The second-order valence-electron chi connectivity index (χ2n) is 11.1. The third kappa shape index (κ3) is 5.50. The zero-order valence-electron chi connectivity index (χ0n) is 21.8. The lowest BCUT2D eigenvalue weighted by Crippen LogP contribution is -2.62. The van der Waals surface area contributed by atoms with Gasteiger partial charge in [0.05, 0.1) is 17.7 Å². The average Bonchev–Trinajstić information content (AvgIpc) is 3.25. The Balaban J connectivity index is 1.64. The van der Waals surface area contributed by atoms with Crippen LogP contribution in [0.2, 0.25) is 0 Å². The molecule has 1 aromatic carbocycles. The fourth-order valence-electron chi connectivity index (χ4n) is 4.70. The van der Waals surface area contributed by atoms with Crippen LogP contribution in [-0.4, -0.2) is 62.8 Å². The fourth-order valence-corrected chi connectivity index (χ4v) is 4.70. The average molecular weight is 510 g/mol. The number of aromatic nitrogens is 1. The molecule has 0 spiro atoms. The third-order valence-corrected chi connectivity index (χ3v) is 6.69. The molecule has 1 N–H and O–H groups in total. The lowest BCUT2D eigenvalue weighted by atomic mass is 9.86. The molecule has 3 heterocycles. The van der Waals surface area contributed by atoms with E-state index in [2.05, 4.69) is 0 Å².